The van der Waals surface area contributed by atoms with Crippen molar-refractivity contribution >= 4 is 40.9 Å². The standard InChI is InChI=1S/C2H3ClO.Mg.2H/c3-1-2-4;;;/h2H,1H2;;;/q;+2;2*-1. The molecule has 28 valence electrons. The number of carbonyl (C=O) groups excluding carboxylic acids is 1. The second-order valence-corrected chi connectivity index (χ2v) is 0.630. The first-order chi connectivity index (χ1) is 1.91. The van der Waals surface area contributed by atoms with Crippen LogP contribution in [-0.2, 0) is 4.79 Å². The SMILES string of the molecule is O=CCCl.[H-].[H-].[Mg+2]. The van der Waals surface area contributed by atoms with Crippen LogP contribution in [0.5, 0.6) is 0 Å². The minimum absolute atomic E-state index is 0. The molecule has 0 aliphatic carbocycles. The van der Waals surface area contributed by atoms with Crippen LogP contribution in [0.15, 0.2) is 0 Å². The summed E-state index contributed by atoms with van der Waals surface area (Å²) in [6.07, 6.45) is 0.640. The van der Waals surface area contributed by atoms with Gasteiger partial charge in [0.1, 0.15) is 6.29 Å². The Morgan fingerprint density at radius 3 is 2.20 bits per heavy atom. The molecule has 0 saturated heterocycles. The van der Waals surface area contributed by atoms with E-state index in [1.54, 1.807) is 0 Å². The average molecular weight is 105 g/mol. The van der Waals surface area contributed by atoms with Crippen molar-refractivity contribution in [2.75, 3.05) is 5.88 Å². The van der Waals surface area contributed by atoms with Crippen LogP contribution in [0.3, 0.4) is 0 Å². The van der Waals surface area contributed by atoms with Crippen LogP contribution in [0.2, 0.25) is 0 Å². The predicted octanol–water partition coefficient (Wildman–Crippen LogP) is 0.268. The molecule has 0 aromatic carbocycles. The molecular formula is C2H5ClMgO. The van der Waals surface area contributed by atoms with Crippen molar-refractivity contribution < 1.29 is 7.65 Å². The molecule has 0 spiro atoms. The Balaban J connectivity index is -0.0000000150. The van der Waals surface area contributed by atoms with E-state index in [2.05, 4.69) is 0 Å². The van der Waals surface area contributed by atoms with Crippen LogP contribution in [0.4, 0.5) is 0 Å². The monoisotopic (exact) mass is 104 g/mol. The first-order valence-corrected chi connectivity index (χ1v) is 1.45. The summed E-state index contributed by atoms with van der Waals surface area (Å²) >= 11 is 4.82. The maximum Gasteiger partial charge on any atom is 2.00 e. The largest absolute Gasteiger partial charge is 2.00 e. The van der Waals surface area contributed by atoms with Gasteiger partial charge < -0.3 is 7.65 Å². The number of hydrogen-bond donors (Lipinski definition) is 0. The van der Waals surface area contributed by atoms with Gasteiger partial charge in [-0.25, -0.2) is 0 Å². The number of alkyl halides is 1. The second-order valence-electron chi connectivity index (χ2n) is 0.321. The molecule has 0 unspecified atom stereocenters. The second kappa shape index (κ2) is 8.83. The van der Waals surface area contributed by atoms with Gasteiger partial charge >= 0.3 is 23.1 Å². The summed E-state index contributed by atoms with van der Waals surface area (Å²) in [5, 5.41) is 0. The Kier molecular flexibility index (Phi) is 16.3. The van der Waals surface area contributed by atoms with Gasteiger partial charge in [0.2, 0.25) is 0 Å². The Morgan fingerprint density at radius 1 is 2.00 bits per heavy atom. The summed E-state index contributed by atoms with van der Waals surface area (Å²) in [6, 6.07) is 0. The minimum atomic E-state index is 0. The van der Waals surface area contributed by atoms with Gasteiger partial charge in [0, 0.05) is 0 Å². The van der Waals surface area contributed by atoms with Crippen molar-refractivity contribution in [3.05, 3.63) is 0 Å². The third kappa shape index (κ3) is 11.8. The van der Waals surface area contributed by atoms with Crippen LogP contribution >= 0.6 is 11.6 Å². The molecule has 0 aliphatic heterocycles. The Bertz CT molecular complexity index is 29.7. The number of hydrogen-bond acceptors (Lipinski definition) is 1. The van der Waals surface area contributed by atoms with E-state index in [-0.39, 0.29) is 31.8 Å². The van der Waals surface area contributed by atoms with E-state index in [0.717, 1.165) is 0 Å². The third-order valence-corrected chi connectivity index (χ3v) is 0.189. The smallest absolute Gasteiger partial charge is 1.00 e. The van der Waals surface area contributed by atoms with Crippen molar-refractivity contribution in [1.29, 1.82) is 0 Å². The molecule has 0 N–H and O–H groups in total. The molecule has 5 heavy (non-hydrogen) atoms. The van der Waals surface area contributed by atoms with Gasteiger partial charge in [-0.1, -0.05) is 0 Å². The van der Waals surface area contributed by atoms with E-state index in [1.807, 2.05) is 0 Å². The normalized spacial score (nSPS) is 5.00. The first-order valence-electron chi connectivity index (χ1n) is 0.911. The molecule has 0 amide bonds. The van der Waals surface area contributed by atoms with E-state index in [9.17, 15) is 0 Å². The summed E-state index contributed by atoms with van der Waals surface area (Å²) in [5.41, 5.74) is 0. The topological polar surface area (TPSA) is 17.1 Å². The fourth-order valence-corrected chi connectivity index (χ4v) is 0. The fraction of sp³-hybridized carbons (Fsp3) is 0.500. The predicted molar refractivity (Wildman–Crippen MR) is 24.8 cm³/mol. The Hall–Kier alpha value is 0.726. The van der Waals surface area contributed by atoms with Gasteiger partial charge in [-0.2, -0.15) is 0 Å². The zero-order valence-electron chi connectivity index (χ0n) is 4.78. The molecule has 0 heterocycles. The molecule has 0 bridgehead atoms. The van der Waals surface area contributed by atoms with Crippen LogP contribution < -0.4 is 0 Å². The Morgan fingerprint density at radius 2 is 2.20 bits per heavy atom. The maximum atomic E-state index is 9.04. The number of aldehydes is 1. The first kappa shape index (κ1) is 9.21. The molecule has 0 aromatic rings. The van der Waals surface area contributed by atoms with Crippen LogP contribution in [0, 0.1) is 0 Å². The van der Waals surface area contributed by atoms with Gasteiger partial charge in [-0.3, -0.25) is 0 Å². The molecule has 0 aromatic heterocycles. The quantitative estimate of drug-likeness (QED) is 0.265. The van der Waals surface area contributed by atoms with Crippen molar-refractivity contribution in [3.8, 4) is 0 Å². The van der Waals surface area contributed by atoms with Crippen LogP contribution in [0.1, 0.15) is 2.85 Å². The summed E-state index contributed by atoms with van der Waals surface area (Å²) in [5.74, 6) is 0.111. The molecule has 0 saturated carbocycles. The summed E-state index contributed by atoms with van der Waals surface area (Å²) in [4.78, 5) is 9.04. The fourth-order valence-electron chi connectivity index (χ4n) is 0. The van der Waals surface area contributed by atoms with Gasteiger partial charge in [0.05, 0.1) is 5.88 Å². The van der Waals surface area contributed by atoms with Gasteiger partial charge in [0.25, 0.3) is 0 Å². The summed E-state index contributed by atoms with van der Waals surface area (Å²) < 4.78 is 0. The minimum Gasteiger partial charge on any atom is -1.00 e. The Labute approximate surface area is 54.8 Å². The maximum absolute atomic E-state index is 9.04. The van der Waals surface area contributed by atoms with Gasteiger partial charge in [-0.05, 0) is 0 Å². The van der Waals surface area contributed by atoms with Gasteiger partial charge in [0.15, 0.2) is 0 Å². The molecule has 0 aliphatic rings. The van der Waals surface area contributed by atoms with E-state index < -0.39 is 0 Å². The third-order valence-electron chi connectivity index (χ3n) is 0.0630. The van der Waals surface area contributed by atoms with E-state index >= 15 is 0 Å². The summed E-state index contributed by atoms with van der Waals surface area (Å²) in [7, 11) is 0. The van der Waals surface area contributed by atoms with E-state index in [1.165, 1.54) is 0 Å². The zero-order chi connectivity index (χ0) is 3.41. The van der Waals surface area contributed by atoms with E-state index in [4.69, 9.17) is 16.4 Å². The molecule has 3 heteroatoms. The van der Waals surface area contributed by atoms with Crippen LogP contribution in [-0.4, -0.2) is 35.2 Å². The number of halogens is 1. The molecule has 0 atom stereocenters. The zero-order valence-corrected chi connectivity index (χ0v) is 4.95. The molecule has 0 radical (unpaired) electrons. The van der Waals surface area contributed by atoms with Crippen molar-refractivity contribution in [3.63, 3.8) is 0 Å². The van der Waals surface area contributed by atoms with Gasteiger partial charge in [-0.15, -0.1) is 11.6 Å². The summed E-state index contributed by atoms with van der Waals surface area (Å²) in [6.45, 7) is 0. The molecule has 0 rings (SSSR count). The molecular weight excluding hydrogens is 99.8 g/mol. The van der Waals surface area contributed by atoms with Crippen molar-refractivity contribution in [2.24, 2.45) is 0 Å². The molecule has 1 nitrogen and oxygen atoms in total. The number of rotatable bonds is 1. The van der Waals surface area contributed by atoms with Crippen LogP contribution in [0.25, 0.3) is 0 Å². The van der Waals surface area contributed by atoms with Crippen molar-refractivity contribution in [1.82, 2.24) is 0 Å². The average Bonchev–Trinajstić information content (AvgIpc) is 1.37. The van der Waals surface area contributed by atoms with Crippen molar-refractivity contribution in [2.45, 2.75) is 0 Å². The van der Waals surface area contributed by atoms with E-state index in [0.29, 0.717) is 6.29 Å². The molecule has 0 fully saturated rings. The number of carbonyl (C=O) groups is 1.